The predicted molar refractivity (Wildman–Crippen MR) is 80.1 cm³/mol. The molecule has 0 aliphatic heterocycles. The molecule has 0 unspecified atom stereocenters. The molecule has 5 heteroatoms. The molecule has 0 saturated heterocycles. The SMILES string of the molecule is O=C(O)c1ccc2c(Nc3ccc(O)cc3)nccc2c1. The summed E-state index contributed by atoms with van der Waals surface area (Å²) in [5, 5.41) is 23.1. The number of nitrogens with one attached hydrogen (secondary N) is 1. The summed E-state index contributed by atoms with van der Waals surface area (Å²) in [6.07, 6.45) is 1.62. The van der Waals surface area contributed by atoms with Gasteiger partial charge in [-0.25, -0.2) is 9.78 Å². The van der Waals surface area contributed by atoms with E-state index in [0.29, 0.717) is 5.82 Å². The van der Waals surface area contributed by atoms with Crippen molar-refractivity contribution >= 4 is 28.2 Å². The zero-order chi connectivity index (χ0) is 14.8. The van der Waals surface area contributed by atoms with E-state index < -0.39 is 5.97 Å². The molecule has 0 aliphatic rings. The third-order valence-electron chi connectivity index (χ3n) is 3.14. The number of pyridine rings is 1. The Morgan fingerprint density at radius 1 is 1.05 bits per heavy atom. The van der Waals surface area contributed by atoms with Crippen LogP contribution in [0.1, 0.15) is 10.4 Å². The monoisotopic (exact) mass is 280 g/mol. The first-order chi connectivity index (χ1) is 10.1. The summed E-state index contributed by atoms with van der Waals surface area (Å²) in [6, 6.07) is 13.3. The van der Waals surface area contributed by atoms with E-state index in [-0.39, 0.29) is 11.3 Å². The Kier molecular flexibility index (Phi) is 3.16. The maximum absolute atomic E-state index is 11.0. The molecule has 1 heterocycles. The number of aromatic nitrogens is 1. The van der Waals surface area contributed by atoms with Crippen molar-refractivity contribution in [1.82, 2.24) is 4.98 Å². The molecule has 3 N–H and O–H groups in total. The number of fused-ring (bicyclic) bond motifs is 1. The van der Waals surface area contributed by atoms with E-state index in [0.717, 1.165) is 16.5 Å². The first-order valence-electron chi connectivity index (χ1n) is 6.31. The number of carboxylic acids is 1. The molecule has 0 saturated carbocycles. The lowest BCUT2D eigenvalue weighted by atomic mass is 10.1. The van der Waals surface area contributed by atoms with Crippen LogP contribution in [0.4, 0.5) is 11.5 Å². The van der Waals surface area contributed by atoms with Crippen LogP contribution in [0.5, 0.6) is 5.75 Å². The first kappa shape index (κ1) is 12.9. The van der Waals surface area contributed by atoms with E-state index in [1.807, 2.05) is 0 Å². The number of phenolic OH excluding ortho intramolecular Hbond substituents is 1. The highest BCUT2D eigenvalue weighted by molar-refractivity contribution is 5.98. The second-order valence-corrected chi connectivity index (χ2v) is 4.57. The molecule has 0 fully saturated rings. The number of aromatic carboxylic acids is 1. The van der Waals surface area contributed by atoms with Gasteiger partial charge in [0, 0.05) is 17.3 Å². The van der Waals surface area contributed by atoms with Gasteiger partial charge in [0.25, 0.3) is 0 Å². The van der Waals surface area contributed by atoms with E-state index in [2.05, 4.69) is 10.3 Å². The molecule has 0 spiro atoms. The highest BCUT2D eigenvalue weighted by Gasteiger charge is 2.07. The van der Waals surface area contributed by atoms with E-state index in [1.165, 1.54) is 0 Å². The Balaban J connectivity index is 2.02. The topological polar surface area (TPSA) is 82.5 Å². The Morgan fingerprint density at radius 2 is 1.81 bits per heavy atom. The van der Waals surface area contributed by atoms with Crippen LogP contribution in [0, 0.1) is 0 Å². The number of phenols is 1. The van der Waals surface area contributed by atoms with Crippen LogP contribution in [0.3, 0.4) is 0 Å². The van der Waals surface area contributed by atoms with Gasteiger partial charge in [0.05, 0.1) is 5.56 Å². The highest BCUT2D eigenvalue weighted by Crippen LogP contribution is 2.26. The van der Waals surface area contributed by atoms with Crippen molar-refractivity contribution in [3.05, 3.63) is 60.3 Å². The van der Waals surface area contributed by atoms with Crippen molar-refractivity contribution in [2.45, 2.75) is 0 Å². The predicted octanol–water partition coefficient (Wildman–Crippen LogP) is 3.38. The molecular formula is C16H12N2O3. The van der Waals surface area contributed by atoms with Crippen molar-refractivity contribution < 1.29 is 15.0 Å². The molecule has 0 bridgehead atoms. The lowest BCUT2D eigenvalue weighted by Gasteiger charge is -2.09. The van der Waals surface area contributed by atoms with Gasteiger partial charge in [-0.3, -0.25) is 0 Å². The maximum Gasteiger partial charge on any atom is 0.335 e. The molecule has 21 heavy (non-hydrogen) atoms. The van der Waals surface area contributed by atoms with E-state index in [1.54, 1.807) is 54.7 Å². The summed E-state index contributed by atoms with van der Waals surface area (Å²) in [5.41, 5.74) is 1.03. The van der Waals surface area contributed by atoms with Gasteiger partial charge in [-0.05, 0) is 53.9 Å². The zero-order valence-electron chi connectivity index (χ0n) is 10.9. The largest absolute Gasteiger partial charge is 0.508 e. The zero-order valence-corrected chi connectivity index (χ0v) is 10.9. The lowest BCUT2D eigenvalue weighted by Crippen LogP contribution is -1.98. The Morgan fingerprint density at radius 3 is 2.52 bits per heavy atom. The Bertz CT molecular complexity index is 813. The average Bonchev–Trinajstić information content (AvgIpc) is 2.49. The third kappa shape index (κ3) is 2.62. The number of nitrogens with zero attached hydrogens (tertiary/aromatic N) is 1. The van der Waals surface area contributed by atoms with Crippen LogP contribution in [0.25, 0.3) is 10.8 Å². The number of carboxylic acid groups (broad SMARTS) is 1. The number of hydrogen-bond acceptors (Lipinski definition) is 4. The van der Waals surface area contributed by atoms with Crippen molar-refractivity contribution in [3.8, 4) is 5.75 Å². The van der Waals surface area contributed by atoms with Crippen LogP contribution >= 0.6 is 0 Å². The number of anilines is 2. The minimum absolute atomic E-state index is 0.192. The fraction of sp³-hybridized carbons (Fsp3) is 0. The van der Waals surface area contributed by atoms with E-state index in [9.17, 15) is 9.90 Å². The minimum Gasteiger partial charge on any atom is -0.508 e. The fourth-order valence-corrected chi connectivity index (χ4v) is 2.09. The molecule has 0 atom stereocenters. The Labute approximate surface area is 120 Å². The molecule has 0 radical (unpaired) electrons. The molecule has 2 aromatic carbocycles. The van der Waals surface area contributed by atoms with Crippen LogP contribution < -0.4 is 5.32 Å². The van der Waals surface area contributed by atoms with E-state index >= 15 is 0 Å². The van der Waals surface area contributed by atoms with Crippen molar-refractivity contribution in [2.75, 3.05) is 5.32 Å². The van der Waals surface area contributed by atoms with Gasteiger partial charge in [0.2, 0.25) is 0 Å². The quantitative estimate of drug-likeness (QED) is 0.641. The standard InChI is InChI=1S/C16H12N2O3/c19-13-4-2-12(3-5-13)18-15-14-6-1-11(16(20)21)9-10(14)7-8-17-15/h1-9,19H,(H,17,18)(H,20,21). The lowest BCUT2D eigenvalue weighted by molar-refractivity contribution is 0.0697. The molecule has 104 valence electrons. The number of benzene rings is 2. The minimum atomic E-state index is -0.957. The Hall–Kier alpha value is -3.08. The van der Waals surface area contributed by atoms with E-state index in [4.69, 9.17) is 5.11 Å². The second-order valence-electron chi connectivity index (χ2n) is 4.57. The van der Waals surface area contributed by atoms with Gasteiger partial charge in [-0.1, -0.05) is 0 Å². The number of hydrogen-bond donors (Lipinski definition) is 3. The summed E-state index contributed by atoms with van der Waals surface area (Å²) in [5.74, 6) is -0.130. The third-order valence-corrected chi connectivity index (χ3v) is 3.14. The van der Waals surface area contributed by atoms with Crippen LogP contribution in [-0.4, -0.2) is 21.2 Å². The molecular weight excluding hydrogens is 268 g/mol. The van der Waals surface area contributed by atoms with Gasteiger partial charge >= 0.3 is 5.97 Å². The molecule has 0 amide bonds. The molecule has 5 nitrogen and oxygen atoms in total. The number of carbonyl (C=O) groups is 1. The second kappa shape index (κ2) is 5.13. The smallest absolute Gasteiger partial charge is 0.335 e. The van der Waals surface area contributed by atoms with Crippen molar-refractivity contribution in [3.63, 3.8) is 0 Å². The summed E-state index contributed by atoms with van der Waals surface area (Å²) in [4.78, 5) is 15.3. The molecule has 3 rings (SSSR count). The molecule has 0 aliphatic carbocycles. The summed E-state index contributed by atoms with van der Waals surface area (Å²) in [6.45, 7) is 0. The maximum atomic E-state index is 11.0. The molecule has 1 aromatic heterocycles. The highest BCUT2D eigenvalue weighted by atomic mass is 16.4. The first-order valence-corrected chi connectivity index (χ1v) is 6.31. The molecule has 3 aromatic rings. The summed E-state index contributed by atoms with van der Waals surface area (Å²) in [7, 11) is 0. The van der Waals surface area contributed by atoms with Crippen LogP contribution in [0.15, 0.2) is 54.7 Å². The van der Waals surface area contributed by atoms with Crippen LogP contribution in [-0.2, 0) is 0 Å². The van der Waals surface area contributed by atoms with Crippen LogP contribution in [0.2, 0.25) is 0 Å². The van der Waals surface area contributed by atoms with Gasteiger partial charge in [0.1, 0.15) is 11.6 Å². The number of rotatable bonds is 3. The summed E-state index contributed by atoms with van der Waals surface area (Å²) >= 11 is 0. The van der Waals surface area contributed by atoms with Gasteiger partial charge in [-0.2, -0.15) is 0 Å². The summed E-state index contributed by atoms with van der Waals surface area (Å²) < 4.78 is 0. The normalized spacial score (nSPS) is 10.5. The fourth-order valence-electron chi connectivity index (χ4n) is 2.09. The van der Waals surface area contributed by atoms with Gasteiger partial charge in [0.15, 0.2) is 0 Å². The van der Waals surface area contributed by atoms with Crippen molar-refractivity contribution in [2.24, 2.45) is 0 Å². The van der Waals surface area contributed by atoms with Crippen molar-refractivity contribution in [1.29, 1.82) is 0 Å². The average molecular weight is 280 g/mol. The van der Waals surface area contributed by atoms with Gasteiger partial charge < -0.3 is 15.5 Å². The van der Waals surface area contributed by atoms with Gasteiger partial charge in [-0.15, -0.1) is 0 Å². The number of aromatic hydroxyl groups is 1.